The highest BCUT2D eigenvalue weighted by molar-refractivity contribution is 6.22. The van der Waals surface area contributed by atoms with E-state index in [1.54, 1.807) is 6.07 Å². The quantitative estimate of drug-likeness (QED) is 0.103. The van der Waals surface area contributed by atoms with Gasteiger partial charge in [-0.05, 0) is 123 Å². The zero-order valence-corrected chi connectivity index (χ0v) is 35.7. The Morgan fingerprint density at radius 1 is 0.613 bits per heavy atom. The number of azo groups is 1. The number of carbonyl (C=O) groups is 1. The number of aromatic amines is 1. The number of aromatic hydroxyl groups is 1. The summed E-state index contributed by atoms with van der Waals surface area (Å²) in [5.74, 6) is -0.602. The Hall–Kier alpha value is -7.71. The molecule has 0 aliphatic carbocycles. The largest absolute Gasteiger partial charge is 0.505 e. The molecule has 0 saturated carbocycles. The van der Waals surface area contributed by atoms with Crippen LogP contribution in [0.5, 0.6) is 5.75 Å². The number of anilines is 4. The molecule has 8 aromatic carbocycles. The highest BCUT2D eigenvalue weighted by Crippen LogP contribution is 2.44. The van der Waals surface area contributed by atoms with Gasteiger partial charge in [0.15, 0.2) is 5.75 Å². The lowest BCUT2D eigenvalue weighted by Crippen LogP contribution is -2.17. The molecule has 1 aromatic heterocycles. The zero-order chi connectivity index (χ0) is 43.2. The Morgan fingerprint density at radius 2 is 1.24 bits per heavy atom. The fourth-order valence-electron chi connectivity index (χ4n) is 7.79. The van der Waals surface area contributed by atoms with Crippen LogP contribution in [0.25, 0.3) is 32.6 Å². The van der Waals surface area contributed by atoms with Crippen LogP contribution in [0, 0.1) is 20.8 Å². The van der Waals surface area contributed by atoms with Crippen molar-refractivity contribution in [3.8, 4) is 5.75 Å². The molecule has 62 heavy (non-hydrogen) atoms. The molecule has 0 saturated heterocycles. The summed E-state index contributed by atoms with van der Waals surface area (Å²) in [6.45, 7) is 6.41. The molecule has 0 fully saturated rings. The van der Waals surface area contributed by atoms with Crippen molar-refractivity contribution >= 4 is 72.6 Å². The molecule has 0 aliphatic rings. The molecule has 0 bridgehead atoms. The number of para-hydroxylation sites is 1. The summed E-state index contributed by atoms with van der Waals surface area (Å²) in [6.07, 6.45) is 2.12. The average molecular weight is 815 g/mol. The van der Waals surface area contributed by atoms with Gasteiger partial charge in [0.05, 0.1) is 16.8 Å². The number of H-pyrrole nitrogens is 1. The van der Waals surface area contributed by atoms with E-state index < -0.39 is 5.91 Å². The van der Waals surface area contributed by atoms with Crippen molar-refractivity contribution in [1.29, 1.82) is 0 Å². The van der Waals surface area contributed by atoms with Gasteiger partial charge in [0, 0.05) is 58.5 Å². The minimum Gasteiger partial charge on any atom is -0.505 e. The van der Waals surface area contributed by atoms with Gasteiger partial charge in [-0.1, -0.05) is 108 Å². The molecule has 0 aliphatic heterocycles. The minimum absolute atomic E-state index is 0.148. The van der Waals surface area contributed by atoms with Crippen molar-refractivity contribution in [2.75, 3.05) is 24.3 Å². The summed E-state index contributed by atoms with van der Waals surface area (Å²) >= 11 is 0. The second-order valence-corrected chi connectivity index (χ2v) is 15.6. The summed E-state index contributed by atoms with van der Waals surface area (Å²) in [4.78, 5) is 18.2. The van der Waals surface area contributed by atoms with Gasteiger partial charge < -0.3 is 25.6 Å². The first-order valence-corrected chi connectivity index (χ1v) is 20.9. The number of phenols is 1. The minimum atomic E-state index is -0.393. The number of carbonyl (C=O) groups excluding carboxylic acids is 1. The van der Waals surface area contributed by atoms with Gasteiger partial charge in [-0.25, -0.2) is 0 Å². The molecule has 1 amide bonds. The average Bonchev–Trinajstić information content (AvgIpc) is 3.69. The van der Waals surface area contributed by atoms with E-state index in [1.165, 1.54) is 51.9 Å². The van der Waals surface area contributed by atoms with Gasteiger partial charge in [0.2, 0.25) is 0 Å². The van der Waals surface area contributed by atoms with Crippen molar-refractivity contribution in [3.05, 3.63) is 197 Å². The van der Waals surface area contributed by atoms with Crippen molar-refractivity contribution in [2.45, 2.75) is 33.6 Å². The van der Waals surface area contributed by atoms with E-state index >= 15 is 0 Å². The lowest BCUT2D eigenvalue weighted by Gasteiger charge is -2.26. The predicted octanol–water partition coefficient (Wildman–Crippen LogP) is 13.9. The molecule has 9 aromatic rings. The number of amides is 1. The fraction of sp³-hybridized carbons (Fsp3) is 0.130. The van der Waals surface area contributed by atoms with Crippen LogP contribution in [0.2, 0.25) is 0 Å². The molecule has 8 nitrogen and oxygen atoms in total. The molecule has 9 rings (SSSR count). The number of rotatable bonds is 10. The number of phenolic OH excluding ortho intramolecular Hbond substituents is 1. The van der Waals surface area contributed by atoms with Crippen LogP contribution in [0.3, 0.4) is 0 Å². The molecule has 8 heteroatoms. The van der Waals surface area contributed by atoms with Crippen molar-refractivity contribution in [1.82, 2.24) is 10.3 Å². The molecule has 0 radical (unpaired) electrons. The third-order valence-electron chi connectivity index (χ3n) is 11.2. The first-order valence-electron chi connectivity index (χ1n) is 20.9. The van der Waals surface area contributed by atoms with E-state index in [0.29, 0.717) is 11.1 Å². The maximum atomic E-state index is 12.4. The van der Waals surface area contributed by atoms with Gasteiger partial charge in [-0.15, -0.1) is 5.11 Å². The number of aryl methyl sites for hydroxylation is 5. The predicted molar refractivity (Wildman–Crippen MR) is 258 cm³/mol. The van der Waals surface area contributed by atoms with E-state index in [-0.39, 0.29) is 17.0 Å². The lowest BCUT2D eigenvalue weighted by atomic mass is 10.00. The van der Waals surface area contributed by atoms with Crippen molar-refractivity contribution in [2.24, 2.45) is 10.2 Å². The summed E-state index contributed by atoms with van der Waals surface area (Å²) in [7, 11) is 3.37. The summed E-state index contributed by atoms with van der Waals surface area (Å²) in [5.41, 5.74) is 14.0. The van der Waals surface area contributed by atoms with Crippen LogP contribution in [-0.4, -0.2) is 30.1 Å². The van der Waals surface area contributed by atoms with Crippen LogP contribution in [-0.2, 0) is 12.8 Å². The number of nitrogens with zero attached hydrogens (tertiary/aromatic N) is 3. The van der Waals surface area contributed by atoms with Gasteiger partial charge in [0.1, 0.15) is 5.69 Å². The number of hydrogen-bond acceptors (Lipinski definition) is 6. The van der Waals surface area contributed by atoms with Gasteiger partial charge in [-0.2, -0.15) is 5.11 Å². The third-order valence-corrected chi connectivity index (χ3v) is 11.2. The normalized spacial score (nSPS) is 11.2. The fourth-order valence-corrected chi connectivity index (χ4v) is 7.79. The Bertz CT molecular complexity index is 2980. The van der Waals surface area contributed by atoms with E-state index in [0.717, 1.165) is 45.7 Å². The highest BCUT2D eigenvalue weighted by atomic mass is 16.3. The number of benzene rings is 8. The maximum absolute atomic E-state index is 12.4. The SMILES string of the molecule is CNC(=O)c1cc2ccc3c4ccccc4[nH]c3c2c(N=Nc2ccc(NC)cc2)c1O.Cc1ccc(N(c2ccc(C)cc2)c2ccc(CCc3cccc(C)c3)cc2)cc1. The summed E-state index contributed by atoms with van der Waals surface area (Å²) in [6, 6.07) is 56.4. The van der Waals surface area contributed by atoms with E-state index in [2.05, 4.69) is 149 Å². The monoisotopic (exact) mass is 814 g/mol. The van der Waals surface area contributed by atoms with Crippen molar-refractivity contribution < 1.29 is 9.90 Å². The Labute approximate surface area is 362 Å². The Kier molecular flexibility index (Phi) is 12.1. The van der Waals surface area contributed by atoms with Crippen LogP contribution < -0.4 is 15.5 Å². The molecular weight excluding hydrogens is 765 g/mol. The highest BCUT2D eigenvalue weighted by Gasteiger charge is 2.21. The summed E-state index contributed by atoms with van der Waals surface area (Å²) in [5, 5.41) is 29.0. The third kappa shape index (κ3) is 8.90. The van der Waals surface area contributed by atoms with Gasteiger partial charge in [-0.3, -0.25) is 4.79 Å². The Balaban J connectivity index is 0.000000171. The number of nitrogens with one attached hydrogen (secondary N) is 3. The topological polar surface area (TPSA) is 105 Å². The molecule has 308 valence electrons. The van der Waals surface area contributed by atoms with Crippen LogP contribution in [0.1, 0.15) is 38.2 Å². The van der Waals surface area contributed by atoms with Gasteiger partial charge >= 0.3 is 0 Å². The van der Waals surface area contributed by atoms with Gasteiger partial charge in [0.25, 0.3) is 5.91 Å². The van der Waals surface area contributed by atoms with E-state index in [1.807, 2.05) is 67.7 Å². The maximum Gasteiger partial charge on any atom is 0.254 e. The standard InChI is InChI=1S/C29H29N.C25H21N5O2/c1-22-7-15-27(16-8-22)30(28-17-9-23(2)10-18-28)29-19-13-25(14-20-29)11-12-26-6-4-5-24(3)21-26;1-26-15-8-10-16(11-9-15)29-30-23-21-14(13-19(24(23)31)25(32)27-2)7-12-18-17-5-3-4-6-20(17)28-22(18)21/h4-10,13-21H,11-12H2,1-3H3;3-13,26,28,31H,1-2H3,(H,27,32). The second-order valence-electron chi connectivity index (χ2n) is 15.6. The molecule has 0 atom stereocenters. The van der Waals surface area contributed by atoms with Crippen LogP contribution in [0.4, 0.5) is 34.1 Å². The Morgan fingerprint density at radius 3 is 1.87 bits per heavy atom. The number of fused-ring (bicyclic) bond motifs is 5. The second kappa shape index (κ2) is 18.3. The first-order chi connectivity index (χ1) is 30.2. The van der Waals surface area contributed by atoms with E-state index in [4.69, 9.17) is 0 Å². The molecule has 0 spiro atoms. The lowest BCUT2D eigenvalue weighted by molar-refractivity contribution is 0.0960. The van der Waals surface area contributed by atoms with Crippen LogP contribution >= 0.6 is 0 Å². The smallest absolute Gasteiger partial charge is 0.254 e. The number of hydrogen-bond donors (Lipinski definition) is 4. The zero-order valence-electron chi connectivity index (χ0n) is 35.7. The molecule has 1 heterocycles. The molecule has 4 N–H and O–H groups in total. The van der Waals surface area contributed by atoms with Crippen molar-refractivity contribution in [3.63, 3.8) is 0 Å². The van der Waals surface area contributed by atoms with Crippen LogP contribution in [0.15, 0.2) is 174 Å². The molecular formula is C54H50N6O2. The first kappa shape index (κ1) is 41.0. The number of aromatic nitrogens is 1. The van der Waals surface area contributed by atoms with E-state index in [9.17, 15) is 9.90 Å². The summed E-state index contributed by atoms with van der Waals surface area (Å²) < 4.78 is 0. The molecule has 0 unspecified atom stereocenters.